The summed E-state index contributed by atoms with van der Waals surface area (Å²) in [5, 5.41) is 8.86. The number of fused-ring (bicyclic) bond motifs is 1. The van der Waals surface area contributed by atoms with Crippen molar-refractivity contribution in [3.05, 3.63) is 11.6 Å². The summed E-state index contributed by atoms with van der Waals surface area (Å²) in [6.45, 7) is 2.31. The van der Waals surface area contributed by atoms with Crippen molar-refractivity contribution in [2.75, 3.05) is 11.5 Å². The number of hydrogen-bond acceptors (Lipinski definition) is 3. The van der Waals surface area contributed by atoms with Crippen molar-refractivity contribution in [1.29, 1.82) is 0 Å². The zero-order valence-corrected chi connectivity index (χ0v) is 10.7. The molecule has 1 fully saturated rings. The number of aryl methyl sites for hydroxylation is 1. The summed E-state index contributed by atoms with van der Waals surface area (Å²) in [6.07, 6.45) is 6.27. The van der Waals surface area contributed by atoms with Gasteiger partial charge in [0, 0.05) is 18.4 Å². The molecule has 1 aromatic rings. The molecule has 3 nitrogen and oxygen atoms in total. The fourth-order valence-corrected chi connectivity index (χ4v) is 4.01. The van der Waals surface area contributed by atoms with Gasteiger partial charge in [-0.15, -0.1) is 10.2 Å². The number of aromatic nitrogens is 3. The summed E-state index contributed by atoms with van der Waals surface area (Å²) in [4.78, 5) is 0. The van der Waals surface area contributed by atoms with Crippen molar-refractivity contribution in [2.45, 2.75) is 51.0 Å². The first-order chi connectivity index (χ1) is 7.86. The normalized spacial score (nSPS) is 26.7. The Kier molecular flexibility index (Phi) is 2.92. The Hall–Kier alpha value is -0.510. The lowest BCUT2D eigenvalue weighted by atomic mass is 9.99. The van der Waals surface area contributed by atoms with Gasteiger partial charge in [-0.2, -0.15) is 11.8 Å². The van der Waals surface area contributed by atoms with Gasteiger partial charge >= 0.3 is 0 Å². The minimum atomic E-state index is 0.614. The van der Waals surface area contributed by atoms with E-state index in [1.807, 2.05) is 0 Å². The molecule has 88 valence electrons. The molecule has 1 unspecified atom stereocenters. The molecule has 16 heavy (non-hydrogen) atoms. The Bertz CT molecular complexity index is 368. The molecule has 0 spiro atoms. The molecule has 0 radical (unpaired) electrons. The Morgan fingerprint density at radius 2 is 2.00 bits per heavy atom. The van der Waals surface area contributed by atoms with Gasteiger partial charge in [0.2, 0.25) is 0 Å². The number of rotatable bonds is 1. The highest BCUT2D eigenvalue weighted by molar-refractivity contribution is 7.99. The van der Waals surface area contributed by atoms with Crippen LogP contribution in [0.25, 0.3) is 0 Å². The second kappa shape index (κ2) is 4.40. The predicted octanol–water partition coefficient (Wildman–Crippen LogP) is 2.79. The average molecular weight is 237 g/mol. The summed E-state index contributed by atoms with van der Waals surface area (Å²) in [5.41, 5.74) is 0. The van der Waals surface area contributed by atoms with Gasteiger partial charge in [-0.3, -0.25) is 0 Å². The van der Waals surface area contributed by atoms with Crippen molar-refractivity contribution in [2.24, 2.45) is 0 Å². The molecule has 0 aromatic carbocycles. The molecule has 0 aliphatic carbocycles. The largest absolute Gasteiger partial charge is 0.312 e. The van der Waals surface area contributed by atoms with E-state index in [0.717, 1.165) is 6.42 Å². The third-order valence-corrected chi connectivity index (χ3v) is 4.89. The van der Waals surface area contributed by atoms with E-state index in [2.05, 4.69) is 33.5 Å². The van der Waals surface area contributed by atoms with Crippen LogP contribution in [0.2, 0.25) is 0 Å². The summed E-state index contributed by atoms with van der Waals surface area (Å²) >= 11 is 2.08. The van der Waals surface area contributed by atoms with Gasteiger partial charge in [0.1, 0.15) is 11.6 Å². The minimum Gasteiger partial charge on any atom is -0.312 e. The third-order valence-electron chi connectivity index (χ3n) is 3.84. The van der Waals surface area contributed by atoms with Crippen LogP contribution in [0, 0.1) is 0 Å². The lowest BCUT2D eigenvalue weighted by Crippen LogP contribution is -2.21. The molecule has 4 heteroatoms. The molecule has 3 rings (SSSR count). The number of thioether (sulfide) groups is 1. The Labute approximate surface area is 101 Å². The Balaban J connectivity index is 1.91. The van der Waals surface area contributed by atoms with Crippen LogP contribution in [-0.4, -0.2) is 26.3 Å². The fourth-order valence-electron chi connectivity index (χ4n) is 2.91. The van der Waals surface area contributed by atoms with Crippen LogP contribution in [0.1, 0.15) is 56.2 Å². The van der Waals surface area contributed by atoms with Crippen molar-refractivity contribution in [3.63, 3.8) is 0 Å². The number of nitrogens with zero attached hydrogens (tertiary/aromatic N) is 3. The highest BCUT2D eigenvalue weighted by atomic mass is 32.2. The Morgan fingerprint density at radius 3 is 2.81 bits per heavy atom. The lowest BCUT2D eigenvalue weighted by molar-refractivity contribution is 0.399. The third kappa shape index (κ3) is 1.77. The topological polar surface area (TPSA) is 30.7 Å². The van der Waals surface area contributed by atoms with Gasteiger partial charge in [-0.1, -0.05) is 0 Å². The van der Waals surface area contributed by atoms with Crippen LogP contribution < -0.4 is 0 Å². The first-order valence-electron chi connectivity index (χ1n) is 6.37. The molecule has 0 amide bonds. The van der Waals surface area contributed by atoms with Crippen molar-refractivity contribution >= 4 is 11.8 Å². The molecular weight excluding hydrogens is 218 g/mol. The molecule has 2 aliphatic rings. The van der Waals surface area contributed by atoms with E-state index in [1.165, 1.54) is 48.8 Å². The molecule has 2 aliphatic heterocycles. The van der Waals surface area contributed by atoms with Gasteiger partial charge < -0.3 is 4.57 Å². The van der Waals surface area contributed by atoms with Crippen LogP contribution in [0.3, 0.4) is 0 Å². The average Bonchev–Trinajstić information content (AvgIpc) is 2.75. The van der Waals surface area contributed by atoms with Crippen LogP contribution >= 0.6 is 11.8 Å². The van der Waals surface area contributed by atoms with E-state index in [0.29, 0.717) is 12.0 Å². The summed E-state index contributed by atoms with van der Waals surface area (Å²) in [7, 11) is 0. The van der Waals surface area contributed by atoms with Crippen LogP contribution in [0.15, 0.2) is 0 Å². The molecule has 1 saturated heterocycles. The first-order valence-corrected chi connectivity index (χ1v) is 7.53. The summed E-state index contributed by atoms with van der Waals surface area (Å²) in [5.74, 6) is 5.76. The van der Waals surface area contributed by atoms with E-state index < -0.39 is 0 Å². The number of hydrogen-bond donors (Lipinski definition) is 0. The maximum atomic E-state index is 4.48. The summed E-state index contributed by atoms with van der Waals surface area (Å²) in [6, 6.07) is 0.614. The molecule has 1 atom stereocenters. The SMILES string of the molecule is CC1CCCc2nnc(C3CCSCC3)n21. The smallest absolute Gasteiger partial charge is 0.136 e. The molecule has 0 N–H and O–H groups in total. The quantitative estimate of drug-likeness (QED) is 0.752. The molecular formula is C12H19N3S. The van der Waals surface area contributed by atoms with Crippen LogP contribution in [0.4, 0.5) is 0 Å². The van der Waals surface area contributed by atoms with Gasteiger partial charge in [-0.05, 0) is 44.1 Å². The highest BCUT2D eigenvalue weighted by Gasteiger charge is 2.27. The zero-order chi connectivity index (χ0) is 11.0. The standard InChI is InChI=1S/C12H19N3S/c1-9-3-2-4-11-13-14-12(15(9)11)10-5-7-16-8-6-10/h9-10H,2-8H2,1H3. The maximum absolute atomic E-state index is 4.48. The van der Waals surface area contributed by atoms with E-state index in [1.54, 1.807) is 0 Å². The second-order valence-electron chi connectivity index (χ2n) is 4.97. The predicted molar refractivity (Wildman–Crippen MR) is 67.0 cm³/mol. The minimum absolute atomic E-state index is 0.614. The van der Waals surface area contributed by atoms with Gasteiger partial charge in [0.05, 0.1) is 0 Å². The Morgan fingerprint density at radius 1 is 1.19 bits per heavy atom. The second-order valence-corrected chi connectivity index (χ2v) is 6.20. The van der Waals surface area contributed by atoms with Crippen LogP contribution in [-0.2, 0) is 6.42 Å². The maximum Gasteiger partial charge on any atom is 0.136 e. The highest BCUT2D eigenvalue weighted by Crippen LogP contribution is 2.34. The fraction of sp³-hybridized carbons (Fsp3) is 0.833. The van der Waals surface area contributed by atoms with Crippen molar-refractivity contribution in [1.82, 2.24) is 14.8 Å². The molecule has 1 aromatic heterocycles. The molecule has 0 bridgehead atoms. The molecule has 3 heterocycles. The molecule has 0 saturated carbocycles. The van der Waals surface area contributed by atoms with Gasteiger partial charge in [0.15, 0.2) is 0 Å². The van der Waals surface area contributed by atoms with Crippen LogP contribution in [0.5, 0.6) is 0 Å². The summed E-state index contributed by atoms with van der Waals surface area (Å²) < 4.78 is 2.43. The lowest BCUT2D eigenvalue weighted by Gasteiger charge is -2.27. The first kappa shape index (κ1) is 10.6. The zero-order valence-electron chi connectivity index (χ0n) is 9.85. The monoisotopic (exact) mass is 237 g/mol. The van der Waals surface area contributed by atoms with Gasteiger partial charge in [0.25, 0.3) is 0 Å². The van der Waals surface area contributed by atoms with E-state index in [-0.39, 0.29) is 0 Å². The van der Waals surface area contributed by atoms with E-state index >= 15 is 0 Å². The van der Waals surface area contributed by atoms with Gasteiger partial charge in [-0.25, -0.2) is 0 Å². The van der Waals surface area contributed by atoms with Crippen molar-refractivity contribution in [3.8, 4) is 0 Å². The van der Waals surface area contributed by atoms with Crippen molar-refractivity contribution < 1.29 is 0 Å². The van der Waals surface area contributed by atoms with E-state index in [9.17, 15) is 0 Å². The van der Waals surface area contributed by atoms with E-state index in [4.69, 9.17) is 0 Å².